The van der Waals surface area contributed by atoms with Gasteiger partial charge >= 0.3 is 0 Å². The molecule has 1 heterocycles. The van der Waals surface area contributed by atoms with Gasteiger partial charge in [-0.1, -0.05) is 28.7 Å². The molecule has 0 aliphatic carbocycles. The molecule has 0 aliphatic rings. The molecule has 1 rings (SSSR count). The third kappa shape index (κ3) is 2.49. The fourth-order valence-electron chi connectivity index (χ4n) is 0.383. The lowest BCUT2D eigenvalue weighted by atomic mass is 10.4. The van der Waals surface area contributed by atoms with Gasteiger partial charge < -0.3 is 0 Å². The quantitative estimate of drug-likeness (QED) is 0.641. The molecule has 10 heavy (non-hydrogen) atoms. The molecule has 0 bridgehead atoms. The zero-order valence-electron chi connectivity index (χ0n) is 5.87. The number of allylic oxidation sites excluding steroid dienone is 1. The van der Waals surface area contributed by atoms with E-state index in [-0.39, 0.29) is 0 Å². The Bertz CT molecular complexity index is 212. The summed E-state index contributed by atoms with van der Waals surface area (Å²) in [5, 5.41) is 9.66. The summed E-state index contributed by atoms with van der Waals surface area (Å²) in [5.41, 5.74) is 3.03. The van der Waals surface area contributed by atoms with Gasteiger partial charge in [0.15, 0.2) is 4.34 Å². The molecule has 1 aromatic rings. The summed E-state index contributed by atoms with van der Waals surface area (Å²) in [6, 6.07) is 0. The Balaban J connectivity index is 2.49. The van der Waals surface area contributed by atoms with E-state index in [1.807, 2.05) is 0 Å². The van der Waals surface area contributed by atoms with Crippen LogP contribution in [0.5, 0.6) is 0 Å². The molecule has 0 radical (unpaired) electrons. The molecule has 1 aromatic heterocycles. The Morgan fingerprint density at radius 2 is 2.50 bits per heavy atom. The van der Waals surface area contributed by atoms with Crippen LogP contribution in [0.25, 0.3) is 0 Å². The minimum Gasteiger partial charge on any atom is -0.146 e. The van der Waals surface area contributed by atoms with Gasteiger partial charge in [0.1, 0.15) is 5.51 Å². The van der Waals surface area contributed by atoms with E-state index in [1.165, 1.54) is 5.57 Å². The first kappa shape index (κ1) is 7.75. The summed E-state index contributed by atoms with van der Waals surface area (Å²) < 4.78 is 1.00. The topological polar surface area (TPSA) is 25.8 Å². The second-order valence-electron chi connectivity index (χ2n) is 2.02. The van der Waals surface area contributed by atoms with Gasteiger partial charge in [-0.25, -0.2) is 0 Å². The lowest BCUT2D eigenvalue weighted by Crippen LogP contribution is -1.66. The lowest BCUT2D eigenvalue weighted by Gasteiger charge is -1.85. The maximum absolute atomic E-state index is 3.88. The number of aromatic nitrogens is 2. The van der Waals surface area contributed by atoms with Gasteiger partial charge in [-0.2, -0.15) is 0 Å². The minimum absolute atomic E-state index is 1.00. The predicted octanol–water partition coefficient (Wildman–Crippen LogP) is 2.55. The molecule has 0 unspecified atom stereocenters. The molecule has 0 N–H and O–H groups in total. The van der Waals surface area contributed by atoms with E-state index in [2.05, 4.69) is 29.5 Å². The lowest BCUT2D eigenvalue weighted by molar-refractivity contribution is 1.01. The first-order chi connectivity index (χ1) is 4.79. The van der Waals surface area contributed by atoms with E-state index in [0.29, 0.717) is 0 Å². The van der Waals surface area contributed by atoms with Crippen LogP contribution in [-0.2, 0) is 0 Å². The fourth-order valence-corrected chi connectivity index (χ4v) is 1.59. The van der Waals surface area contributed by atoms with Crippen molar-refractivity contribution in [2.75, 3.05) is 0 Å². The van der Waals surface area contributed by atoms with Gasteiger partial charge in [-0.05, 0) is 19.3 Å². The van der Waals surface area contributed by atoms with E-state index >= 15 is 0 Å². The first-order valence-corrected chi connectivity index (χ1v) is 4.61. The number of rotatable bonds is 2. The molecule has 4 heteroatoms. The van der Waals surface area contributed by atoms with Crippen molar-refractivity contribution in [1.82, 2.24) is 10.2 Å². The third-order valence-corrected chi connectivity index (χ3v) is 2.67. The van der Waals surface area contributed by atoms with Crippen LogP contribution in [0.15, 0.2) is 20.8 Å². The van der Waals surface area contributed by atoms with Crippen LogP contribution in [0, 0.1) is 0 Å². The molecule has 0 saturated carbocycles. The van der Waals surface area contributed by atoms with Crippen molar-refractivity contribution < 1.29 is 0 Å². The monoisotopic (exact) mass is 172 g/mol. The van der Waals surface area contributed by atoms with E-state index in [0.717, 1.165) is 4.34 Å². The first-order valence-electron chi connectivity index (χ1n) is 2.85. The molecule has 2 nitrogen and oxygen atoms in total. The van der Waals surface area contributed by atoms with Crippen molar-refractivity contribution in [2.45, 2.75) is 18.2 Å². The van der Waals surface area contributed by atoms with Crippen molar-refractivity contribution >= 4 is 23.1 Å². The number of hydrogen-bond donors (Lipinski definition) is 0. The highest BCUT2D eigenvalue weighted by molar-refractivity contribution is 8.03. The molecule has 0 saturated heterocycles. The molecule has 0 fully saturated rings. The Kier molecular flexibility index (Phi) is 2.89. The van der Waals surface area contributed by atoms with Gasteiger partial charge in [-0.3, -0.25) is 0 Å². The van der Waals surface area contributed by atoms with Crippen molar-refractivity contribution in [3.05, 3.63) is 16.5 Å². The zero-order valence-corrected chi connectivity index (χ0v) is 7.50. The SMILES string of the molecule is CC(C)=CSc1nncs1. The van der Waals surface area contributed by atoms with Crippen LogP contribution < -0.4 is 0 Å². The standard InChI is InChI=1S/C6H8N2S2/c1-5(2)3-9-6-8-7-4-10-6/h3-4H,1-2H3. The summed E-state index contributed by atoms with van der Waals surface area (Å²) in [4.78, 5) is 0. The van der Waals surface area contributed by atoms with Gasteiger partial charge in [0.2, 0.25) is 0 Å². The molecule has 0 amide bonds. The van der Waals surface area contributed by atoms with Crippen LogP contribution in [-0.4, -0.2) is 10.2 Å². The number of hydrogen-bond acceptors (Lipinski definition) is 4. The minimum atomic E-state index is 1.00. The zero-order chi connectivity index (χ0) is 7.40. The van der Waals surface area contributed by atoms with Crippen LogP contribution in [0.3, 0.4) is 0 Å². The average molecular weight is 172 g/mol. The molecule has 0 atom stereocenters. The highest BCUT2D eigenvalue weighted by Gasteiger charge is 1.91. The Morgan fingerprint density at radius 3 is 3.00 bits per heavy atom. The molecule has 0 aromatic carbocycles. The summed E-state index contributed by atoms with van der Waals surface area (Å²) in [6.45, 7) is 4.13. The van der Waals surface area contributed by atoms with Gasteiger partial charge in [-0.15, -0.1) is 10.2 Å². The van der Waals surface area contributed by atoms with E-state index in [4.69, 9.17) is 0 Å². The summed E-state index contributed by atoms with van der Waals surface area (Å²) in [7, 11) is 0. The Hall–Kier alpha value is -0.350. The molecule has 0 aliphatic heterocycles. The third-order valence-electron chi connectivity index (χ3n) is 0.735. The van der Waals surface area contributed by atoms with Crippen molar-refractivity contribution in [3.63, 3.8) is 0 Å². The molecular formula is C6H8N2S2. The van der Waals surface area contributed by atoms with E-state index < -0.39 is 0 Å². The Labute approximate surface area is 68.4 Å². The van der Waals surface area contributed by atoms with Crippen LogP contribution in [0.2, 0.25) is 0 Å². The highest BCUT2D eigenvalue weighted by atomic mass is 32.2. The Morgan fingerprint density at radius 1 is 1.70 bits per heavy atom. The van der Waals surface area contributed by atoms with Crippen molar-refractivity contribution in [1.29, 1.82) is 0 Å². The highest BCUT2D eigenvalue weighted by Crippen LogP contribution is 2.20. The van der Waals surface area contributed by atoms with Gasteiger partial charge in [0.05, 0.1) is 0 Å². The second-order valence-corrected chi connectivity index (χ2v) is 3.97. The number of nitrogens with zero attached hydrogens (tertiary/aromatic N) is 2. The summed E-state index contributed by atoms with van der Waals surface area (Å²) in [5.74, 6) is 0. The maximum Gasteiger partial charge on any atom is 0.178 e. The fraction of sp³-hybridized carbons (Fsp3) is 0.333. The van der Waals surface area contributed by atoms with E-state index in [1.54, 1.807) is 28.6 Å². The normalized spacial score (nSPS) is 9.40. The van der Waals surface area contributed by atoms with Crippen LogP contribution in [0.4, 0.5) is 0 Å². The molecular weight excluding hydrogens is 164 g/mol. The van der Waals surface area contributed by atoms with Crippen molar-refractivity contribution in [3.8, 4) is 0 Å². The smallest absolute Gasteiger partial charge is 0.146 e. The summed E-state index contributed by atoms with van der Waals surface area (Å²) in [6.07, 6.45) is 0. The largest absolute Gasteiger partial charge is 0.178 e. The van der Waals surface area contributed by atoms with E-state index in [9.17, 15) is 0 Å². The number of thioether (sulfide) groups is 1. The van der Waals surface area contributed by atoms with Crippen LogP contribution >= 0.6 is 23.1 Å². The van der Waals surface area contributed by atoms with Gasteiger partial charge in [0.25, 0.3) is 0 Å². The predicted molar refractivity (Wildman–Crippen MR) is 45.2 cm³/mol. The molecule has 54 valence electrons. The van der Waals surface area contributed by atoms with Crippen LogP contribution in [0.1, 0.15) is 13.8 Å². The van der Waals surface area contributed by atoms with Crippen molar-refractivity contribution in [2.24, 2.45) is 0 Å². The molecule has 0 spiro atoms. The van der Waals surface area contributed by atoms with Gasteiger partial charge in [0, 0.05) is 0 Å². The summed E-state index contributed by atoms with van der Waals surface area (Å²) >= 11 is 3.18. The maximum atomic E-state index is 3.88. The average Bonchev–Trinajstić information content (AvgIpc) is 2.34. The second kappa shape index (κ2) is 3.73.